The highest BCUT2D eigenvalue weighted by atomic mass is 32.2. The lowest BCUT2D eigenvalue weighted by Gasteiger charge is -2.11. The van der Waals surface area contributed by atoms with Crippen molar-refractivity contribution in [3.05, 3.63) is 91.2 Å². The van der Waals surface area contributed by atoms with Gasteiger partial charge >= 0.3 is 5.63 Å². The monoisotopic (exact) mass is 436 g/mol. The number of benzene rings is 2. The van der Waals surface area contributed by atoms with Crippen LogP contribution < -0.4 is 5.63 Å². The number of hydrogen-bond donors (Lipinski definition) is 0. The number of imide groups is 1. The molecule has 0 unspecified atom stereocenters. The van der Waals surface area contributed by atoms with Crippen LogP contribution in [-0.2, 0) is 4.79 Å². The van der Waals surface area contributed by atoms with Crippen LogP contribution in [0, 0.1) is 10.1 Å². The number of hydrogen-bond acceptors (Lipinski definition) is 8. The van der Waals surface area contributed by atoms with E-state index in [1.54, 1.807) is 30.3 Å². The first-order valence-electron chi connectivity index (χ1n) is 8.89. The summed E-state index contributed by atoms with van der Waals surface area (Å²) in [5, 5.41) is 10.7. The molecule has 1 aliphatic heterocycles. The summed E-state index contributed by atoms with van der Waals surface area (Å²) in [5.41, 5.74) is -0.214. The van der Waals surface area contributed by atoms with Crippen molar-refractivity contribution >= 4 is 51.4 Å². The van der Waals surface area contributed by atoms with Crippen LogP contribution in [0.3, 0.4) is 0 Å². The van der Waals surface area contributed by atoms with Gasteiger partial charge in [0, 0.05) is 23.1 Å². The second-order valence-electron chi connectivity index (χ2n) is 6.52. The molecule has 2 amide bonds. The lowest BCUT2D eigenvalue weighted by Crippen LogP contribution is -2.33. The lowest BCUT2D eigenvalue weighted by atomic mass is 10.1. The van der Waals surface area contributed by atoms with Crippen molar-refractivity contribution in [1.29, 1.82) is 0 Å². The molecule has 0 atom stereocenters. The first-order valence-corrected chi connectivity index (χ1v) is 9.71. The predicted molar refractivity (Wildman–Crippen MR) is 113 cm³/mol. The summed E-state index contributed by atoms with van der Waals surface area (Å²) in [6.07, 6.45) is 1.26. The molecule has 1 fully saturated rings. The molecule has 0 bridgehead atoms. The summed E-state index contributed by atoms with van der Waals surface area (Å²) in [5.74, 6) is -1.26. The maximum absolute atomic E-state index is 12.6. The number of para-hydroxylation sites is 1. The summed E-state index contributed by atoms with van der Waals surface area (Å²) in [7, 11) is 0. The molecule has 10 heteroatoms. The molecular formula is C21H12N2O7S. The smallest absolute Gasteiger partial charge is 0.343 e. The number of Topliss-reactive ketones (excluding diaryl/α,β-unsaturated/α-hetero) is 1. The quantitative estimate of drug-likeness (QED) is 0.195. The number of non-ortho nitro benzene ring substituents is 1. The Bertz CT molecular complexity index is 1340. The molecule has 2 heterocycles. The predicted octanol–water partition coefficient (Wildman–Crippen LogP) is 3.62. The molecule has 0 aliphatic carbocycles. The number of nitro groups is 1. The summed E-state index contributed by atoms with van der Waals surface area (Å²) in [6.45, 7) is -0.522. The number of fused-ring (bicyclic) bond motifs is 1. The maximum atomic E-state index is 12.6. The van der Waals surface area contributed by atoms with Gasteiger partial charge < -0.3 is 4.42 Å². The third kappa shape index (κ3) is 4.01. The zero-order valence-electron chi connectivity index (χ0n) is 15.6. The Hall–Kier alpha value is -4.05. The molecule has 1 saturated heterocycles. The largest absolute Gasteiger partial charge is 0.422 e. The Balaban J connectivity index is 1.56. The molecule has 2 aromatic carbocycles. The van der Waals surface area contributed by atoms with Gasteiger partial charge in [-0.05, 0) is 42.1 Å². The SMILES string of the molecule is O=C(CN1C(=O)S/C(=C/c2cc3ccccc3oc2=O)C1=O)c1ccc([N+](=O)[O-])cc1. The van der Waals surface area contributed by atoms with E-state index in [2.05, 4.69) is 0 Å². The molecule has 9 nitrogen and oxygen atoms in total. The highest BCUT2D eigenvalue weighted by Crippen LogP contribution is 2.32. The molecule has 0 spiro atoms. The summed E-state index contributed by atoms with van der Waals surface area (Å²) >= 11 is 0.611. The Morgan fingerprint density at radius 2 is 1.81 bits per heavy atom. The normalized spacial score (nSPS) is 15.1. The zero-order valence-corrected chi connectivity index (χ0v) is 16.5. The summed E-state index contributed by atoms with van der Waals surface area (Å²) in [4.78, 5) is 60.4. The van der Waals surface area contributed by atoms with E-state index in [0.29, 0.717) is 22.7 Å². The van der Waals surface area contributed by atoms with Gasteiger partial charge in [-0.15, -0.1) is 0 Å². The highest BCUT2D eigenvalue weighted by molar-refractivity contribution is 8.18. The van der Waals surface area contributed by atoms with Crippen LogP contribution in [0.2, 0.25) is 0 Å². The molecule has 1 aromatic heterocycles. The molecule has 3 aromatic rings. The van der Waals surface area contributed by atoms with E-state index >= 15 is 0 Å². The number of carbonyl (C=O) groups is 3. The third-order valence-corrected chi connectivity index (χ3v) is 5.44. The van der Waals surface area contributed by atoms with Gasteiger partial charge in [-0.3, -0.25) is 29.4 Å². The van der Waals surface area contributed by atoms with E-state index in [-0.39, 0.29) is 21.7 Å². The van der Waals surface area contributed by atoms with Crippen LogP contribution in [0.15, 0.2) is 68.7 Å². The summed E-state index contributed by atoms with van der Waals surface area (Å²) < 4.78 is 5.22. The van der Waals surface area contributed by atoms with Crippen molar-refractivity contribution in [1.82, 2.24) is 4.90 Å². The fourth-order valence-electron chi connectivity index (χ4n) is 2.96. The number of amides is 2. The number of ketones is 1. The molecule has 0 radical (unpaired) electrons. The Morgan fingerprint density at radius 1 is 1.10 bits per heavy atom. The standard InChI is InChI=1S/C21H12N2O7S/c24-16(12-5-7-15(8-6-12)23(28)29)11-22-19(25)18(31-21(22)27)10-14-9-13-3-1-2-4-17(13)30-20(14)26/h1-10H,11H2/b18-10+. The van der Waals surface area contributed by atoms with E-state index in [1.165, 1.54) is 30.3 Å². The van der Waals surface area contributed by atoms with Crippen molar-refractivity contribution in [3.63, 3.8) is 0 Å². The van der Waals surface area contributed by atoms with E-state index in [4.69, 9.17) is 4.42 Å². The number of nitro benzene ring substituents is 1. The molecule has 0 N–H and O–H groups in total. The van der Waals surface area contributed by atoms with Gasteiger partial charge in [-0.25, -0.2) is 4.79 Å². The summed E-state index contributed by atoms with van der Waals surface area (Å²) in [6, 6.07) is 13.3. The zero-order chi connectivity index (χ0) is 22.1. The van der Waals surface area contributed by atoms with Crippen molar-refractivity contribution < 1.29 is 23.7 Å². The van der Waals surface area contributed by atoms with Crippen molar-refractivity contribution in [2.75, 3.05) is 6.54 Å². The molecular weight excluding hydrogens is 424 g/mol. The van der Waals surface area contributed by atoms with E-state index in [1.807, 2.05) is 0 Å². The maximum Gasteiger partial charge on any atom is 0.343 e. The van der Waals surface area contributed by atoms with Crippen LogP contribution in [0.4, 0.5) is 10.5 Å². The van der Waals surface area contributed by atoms with Gasteiger partial charge in [0.05, 0.1) is 21.9 Å². The van der Waals surface area contributed by atoms with E-state index in [0.717, 1.165) is 4.90 Å². The Kier molecular flexibility index (Phi) is 5.22. The van der Waals surface area contributed by atoms with Crippen molar-refractivity contribution in [2.24, 2.45) is 0 Å². The molecule has 31 heavy (non-hydrogen) atoms. The second kappa shape index (κ2) is 8.00. The number of thioether (sulfide) groups is 1. The minimum atomic E-state index is -0.710. The Labute approximate surface area is 178 Å². The topological polar surface area (TPSA) is 128 Å². The van der Waals surface area contributed by atoms with Gasteiger partial charge in [0.25, 0.3) is 16.8 Å². The van der Waals surface area contributed by atoms with Crippen molar-refractivity contribution in [2.45, 2.75) is 0 Å². The van der Waals surface area contributed by atoms with Gasteiger partial charge in [0.15, 0.2) is 5.78 Å². The van der Waals surface area contributed by atoms with Crippen LogP contribution >= 0.6 is 11.8 Å². The number of nitrogens with zero attached hydrogens (tertiary/aromatic N) is 2. The number of rotatable bonds is 5. The van der Waals surface area contributed by atoms with Crippen molar-refractivity contribution in [3.8, 4) is 0 Å². The first-order chi connectivity index (χ1) is 14.8. The van der Waals surface area contributed by atoms with Crippen LogP contribution in [0.25, 0.3) is 17.0 Å². The second-order valence-corrected chi connectivity index (χ2v) is 7.52. The number of carbonyl (C=O) groups excluding carboxylic acids is 3. The third-order valence-electron chi connectivity index (χ3n) is 4.53. The average Bonchev–Trinajstić information content (AvgIpc) is 3.01. The van der Waals surface area contributed by atoms with Gasteiger partial charge in [-0.1, -0.05) is 18.2 Å². The molecule has 154 valence electrons. The van der Waals surface area contributed by atoms with Crippen LogP contribution in [0.1, 0.15) is 15.9 Å². The minimum absolute atomic E-state index is 0.0101. The minimum Gasteiger partial charge on any atom is -0.422 e. The Morgan fingerprint density at radius 3 is 2.52 bits per heavy atom. The van der Waals surface area contributed by atoms with Gasteiger partial charge in [0.1, 0.15) is 5.58 Å². The van der Waals surface area contributed by atoms with Crippen LogP contribution in [-0.4, -0.2) is 33.3 Å². The van der Waals surface area contributed by atoms with E-state index < -0.39 is 34.0 Å². The fraction of sp³-hybridized carbons (Fsp3) is 0.0476. The van der Waals surface area contributed by atoms with E-state index in [9.17, 15) is 29.3 Å². The fourth-order valence-corrected chi connectivity index (χ4v) is 3.79. The van der Waals surface area contributed by atoms with Gasteiger partial charge in [-0.2, -0.15) is 0 Å². The van der Waals surface area contributed by atoms with Crippen LogP contribution in [0.5, 0.6) is 0 Å². The average molecular weight is 436 g/mol. The molecule has 1 aliphatic rings. The lowest BCUT2D eigenvalue weighted by molar-refractivity contribution is -0.384. The van der Waals surface area contributed by atoms with Gasteiger partial charge in [0.2, 0.25) is 0 Å². The highest BCUT2D eigenvalue weighted by Gasteiger charge is 2.36. The molecule has 4 rings (SSSR count). The first kappa shape index (κ1) is 20.2. The molecule has 0 saturated carbocycles.